The average molecular weight is 590 g/mol. The molecule has 2 aliphatic carbocycles. The molecule has 2 saturated carbocycles. The maximum atomic E-state index is 13.8. The minimum atomic E-state index is -3.82. The highest BCUT2D eigenvalue weighted by Gasteiger charge is 2.38. The quantitative estimate of drug-likeness (QED) is 0.421. The first-order chi connectivity index (χ1) is 19.5. The van der Waals surface area contributed by atoms with Gasteiger partial charge in [-0.25, -0.2) is 36.0 Å². The van der Waals surface area contributed by atoms with E-state index in [0.29, 0.717) is 24.2 Å². The van der Waals surface area contributed by atoms with Gasteiger partial charge in [0, 0.05) is 30.2 Å². The third-order valence-electron chi connectivity index (χ3n) is 8.94. The van der Waals surface area contributed by atoms with E-state index in [-0.39, 0.29) is 42.2 Å². The van der Waals surface area contributed by atoms with E-state index in [1.807, 2.05) is 4.72 Å². The van der Waals surface area contributed by atoms with Crippen molar-refractivity contribution in [3.05, 3.63) is 53.1 Å². The second kappa shape index (κ2) is 10.7. The predicted octanol–water partition coefficient (Wildman–Crippen LogP) is 5.27. The molecule has 6 rings (SSSR count). The fourth-order valence-electron chi connectivity index (χ4n) is 6.53. The molecule has 1 saturated heterocycles. The Morgan fingerprint density at radius 3 is 2.24 bits per heavy atom. The minimum absolute atomic E-state index is 0.0294. The smallest absolute Gasteiger partial charge is 0.283 e. The van der Waals surface area contributed by atoms with Crippen LogP contribution in [-0.2, 0) is 10.0 Å². The van der Waals surface area contributed by atoms with E-state index in [9.17, 15) is 26.4 Å². The lowest BCUT2D eigenvalue weighted by molar-refractivity contribution is -0.0558. The summed E-state index contributed by atoms with van der Waals surface area (Å²) >= 11 is 0. The van der Waals surface area contributed by atoms with Crippen LogP contribution < -0.4 is 4.72 Å². The van der Waals surface area contributed by atoms with Crippen molar-refractivity contribution in [2.75, 3.05) is 19.3 Å². The van der Waals surface area contributed by atoms with Crippen LogP contribution in [0.25, 0.3) is 16.7 Å². The summed E-state index contributed by atoms with van der Waals surface area (Å²) in [6.45, 7) is 1.50. The standard InChI is InChI=1S/C29H34F3N5O3S/c1-41(39,40)35-28(38)24-17-23(18-11-15-36(16-12-18)21-9-13-29(31,32)14-10-21)25-26(19-3-2-4-19)34-37(27(25)33-24)22-7-5-20(30)6-8-22/h5-8,17-19,21H,2-4,9-16H2,1H3,(H,35,38). The van der Waals surface area contributed by atoms with E-state index < -0.39 is 21.9 Å². The number of fused-ring (bicyclic) bond motifs is 1. The maximum Gasteiger partial charge on any atom is 0.283 e. The Morgan fingerprint density at radius 2 is 1.66 bits per heavy atom. The number of halogens is 3. The van der Waals surface area contributed by atoms with Gasteiger partial charge in [0.1, 0.15) is 11.5 Å². The van der Waals surface area contributed by atoms with Crippen molar-refractivity contribution in [1.29, 1.82) is 0 Å². The average Bonchev–Trinajstić information content (AvgIpc) is 3.26. The molecule has 1 N–H and O–H groups in total. The number of carbonyl (C=O) groups is 1. The van der Waals surface area contributed by atoms with E-state index in [2.05, 4.69) is 9.88 Å². The van der Waals surface area contributed by atoms with E-state index in [1.165, 1.54) is 12.1 Å². The van der Waals surface area contributed by atoms with Gasteiger partial charge in [-0.15, -0.1) is 0 Å². The first kappa shape index (κ1) is 28.1. The Hall–Kier alpha value is -2.99. The van der Waals surface area contributed by atoms with E-state index in [0.717, 1.165) is 68.1 Å². The van der Waals surface area contributed by atoms with Crippen molar-refractivity contribution in [3.8, 4) is 5.69 Å². The molecule has 1 aromatic carbocycles. The number of piperidine rings is 1. The van der Waals surface area contributed by atoms with Crippen molar-refractivity contribution < 1.29 is 26.4 Å². The highest BCUT2D eigenvalue weighted by molar-refractivity contribution is 7.89. The third kappa shape index (κ3) is 5.86. The molecule has 0 bridgehead atoms. The van der Waals surface area contributed by atoms with Crippen molar-refractivity contribution >= 4 is 27.0 Å². The molecular formula is C29H34F3N5O3S. The number of hydrogen-bond acceptors (Lipinski definition) is 6. The molecule has 0 radical (unpaired) electrons. The number of nitrogens with zero attached hydrogens (tertiary/aromatic N) is 4. The van der Waals surface area contributed by atoms with Gasteiger partial charge in [-0.2, -0.15) is 5.10 Å². The van der Waals surface area contributed by atoms with Crippen LogP contribution in [0, 0.1) is 5.82 Å². The van der Waals surface area contributed by atoms with Gasteiger partial charge >= 0.3 is 0 Å². The fraction of sp³-hybridized carbons (Fsp3) is 0.552. The van der Waals surface area contributed by atoms with Crippen LogP contribution in [-0.4, -0.2) is 65.3 Å². The zero-order chi connectivity index (χ0) is 28.9. The molecule has 1 aliphatic heterocycles. The zero-order valence-corrected chi connectivity index (χ0v) is 23.8. The van der Waals surface area contributed by atoms with Crippen LogP contribution in [0.3, 0.4) is 0 Å². The Labute approximate surface area is 237 Å². The van der Waals surface area contributed by atoms with Crippen LogP contribution in [0.1, 0.15) is 91.4 Å². The van der Waals surface area contributed by atoms with Gasteiger partial charge in [0.2, 0.25) is 15.9 Å². The molecule has 3 aromatic rings. The van der Waals surface area contributed by atoms with Crippen LogP contribution in [0.2, 0.25) is 0 Å². The monoisotopic (exact) mass is 589 g/mol. The second-order valence-electron chi connectivity index (χ2n) is 11.8. The fourth-order valence-corrected chi connectivity index (χ4v) is 6.97. The number of rotatable bonds is 6. The summed E-state index contributed by atoms with van der Waals surface area (Å²) in [4.78, 5) is 20.0. The summed E-state index contributed by atoms with van der Waals surface area (Å²) in [5.41, 5.74) is 2.79. The lowest BCUT2D eigenvalue weighted by Gasteiger charge is -2.41. The summed E-state index contributed by atoms with van der Waals surface area (Å²) in [6.07, 6.45) is 6.34. The molecular weight excluding hydrogens is 555 g/mol. The first-order valence-electron chi connectivity index (χ1n) is 14.3. The molecule has 3 heterocycles. The molecule has 3 aliphatic rings. The number of pyridine rings is 1. The van der Waals surface area contributed by atoms with Crippen molar-refractivity contribution in [2.24, 2.45) is 0 Å². The van der Waals surface area contributed by atoms with Crippen LogP contribution in [0.5, 0.6) is 0 Å². The summed E-state index contributed by atoms with van der Waals surface area (Å²) in [7, 11) is -3.82. The number of aromatic nitrogens is 3. The van der Waals surface area contributed by atoms with Gasteiger partial charge in [0.15, 0.2) is 5.65 Å². The molecule has 0 unspecified atom stereocenters. The molecule has 220 valence electrons. The molecule has 41 heavy (non-hydrogen) atoms. The lowest BCUT2D eigenvalue weighted by Crippen LogP contribution is -2.44. The number of benzene rings is 1. The normalized spacial score (nSPS) is 21.2. The maximum absolute atomic E-state index is 13.8. The van der Waals surface area contributed by atoms with Gasteiger partial charge in [0.05, 0.1) is 17.6 Å². The highest BCUT2D eigenvalue weighted by Crippen LogP contribution is 2.44. The Bertz CT molecular complexity index is 1550. The van der Waals surface area contributed by atoms with Gasteiger partial charge in [-0.1, -0.05) is 6.42 Å². The molecule has 2 aromatic heterocycles. The summed E-state index contributed by atoms with van der Waals surface area (Å²) in [5, 5.41) is 5.81. The number of amides is 1. The van der Waals surface area contributed by atoms with E-state index in [4.69, 9.17) is 5.10 Å². The molecule has 0 atom stereocenters. The topological polar surface area (TPSA) is 97.2 Å². The lowest BCUT2D eigenvalue weighted by atomic mass is 9.79. The minimum Gasteiger partial charge on any atom is -0.300 e. The summed E-state index contributed by atoms with van der Waals surface area (Å²) in [6, 6.07) is 7.72. The van der Waals surface area contributed by atoms with Crippen LogP contribution >= 0.6 is 0 Å². The van der Waals surface area contributed by atoms with Gasteiger partial charge < -0.3 is 4.90 Å². The van der Waals surface area contributed by atoms with Crippen LogP contribution in [0.4, 0.5) is 13.2 Å². The van der Waals surface area contributed by atoms with Crippen molar-refractivity contribution in [1.82, 2.24) is 24.4 Å². The Morgan fingerprint density at radius 1 is 1.00 bits per heavy atom. The summed E-state index contributed by atoms with van der Waals surface area (Å²) in [5.74, 6) is -3.49. The number of carbonyl (C=O) groups excluding carboxylic acids is 1. The number of nitrogens with one attached hydrogen (secondary N) is 1. The van der Waals surface area contributed by atoms with Crippen LogP contribution in [0.15, 0.2) is 30.3 Å². The number of sulfonamides is 1. The zero-order valence-electron chi connectivity index (χ0n) is 23.0. The Kier molecular flexibility index (Phi) is 7.34. The SMILES string of the molecule is CS(=O)(=O)NC(=O)c1cc(C2CCN(C3CCC(F)(F)CC3)CC2)c2c(C3CCC3)nn(-c3ccc(F)cc3)c2n1. The molecule has 0 spiro atoms. The number of hydrogen-bond donors (Lipinski definition) is 1. The third-order valence-corrected chi connectivity index (χ3v) is 9.50. The molecule has 3 fully saturated rings. The second-order valence-corrected chi connectivity index (χ2v) is 13.5. The van der Waals surface area contributed by atoms with Crippen molar-refractivity contribution in [2.45, 2.75) is 81.6 Å². The first-order valence-corrected chi connectivity index (χ1v) is 16.2. The van der Waals surface area contributed by atoms with Gasteiger partial charge in [-0.3, -0.25) is 4.79 Å². The van der Waals surface area contributed by atoms with Crippen molar-refractivity contribution in [3.63, 3.8) is 0 Å². The number of likely N-dealkylation sites (tertiary alicyclic amines) is 1. The van der Waals surface area contributed by atoms with E-state index in [1.54, 1.807) is 22.9 Å². The molecule has 12 heteroatoms. The Balaban J connectivity index is 1.40. The van der Waals surface area contributed by atoms with Gasteiger partial charge in [0.25, 0.3) is 5.91 Å². The summed E-state index contributed by atoms with van der Waals surface area (Å²) < 4.78 is 68.7. The van der Waals surface area contributed by atoms with Gasteiger partial charge in [-0.05, 0) is 93.4 Å². The largest absolute Gasteiger partial charge is 0.300 e. The molecule has 1 amide bonds. The molecule has 8 nitrogen and oxygen atoms in total. The van der Waals surface area contributed by atoms with E-state index >= 15 is 0 Å². The highest BCUT2D eigenvalue weighted by atomic mass is 32.2. The number of alkyl halides is 2. The predicted molar refractivity (Wildman–Crippen MR) is 148 cm³/mol.